The van der Waals surface area contributed by atoms with Gasteiger partial charge in [0.25, 0.3) is 0 Å². The fraction of sp³-hybridized carbons (Fsp3) is 0.595. The number of aryl methyl sites for hydroxylation is 1. The third-order valence-electron chi connectivity index (χ3n) is 8.60. The average molecular weight is 622 g/mol. The van der Waals surface area contributed by atoms with Crippen molar-refractivity contribution in [2.75, 3.05) is 6.54 Å². The zero-order valence-electron chi connectivity index (χ0n) is 28.3. The summed E-state index contributed by atoms with van der Waals surface area (Å²) >= 11 is 0. The number of hydrogen-bond acceptors (Lipinski definition) is 5. The van der Waals surface area contributed by atoms with E-state index in [1.165, 1.54) is 6.42 Å². The molecule has 45 heavy (non-hydrogen) atoms. The zero-order chi connectivity index (χ0) is 33.0. The summed E-state index contributed by atoms with van der Waals surface area (Å²) in [5, 5.41) is 16.0. The number of rotatable bonds is 14. The highest BCUT2D eigenvalue weighted by molar-refractivity contribution is 5.92. The van der Waals surface area contributed by atoms with Crippen molar-refractivity contribution < 1.29 is 24.2 Å². The van der Waals surface area contributed by atoms with E-state index in [4.69, 9.17) is 4.74 Å². The molecule has 1 fully saturated rings. The van der Waals surface area contributed by atoms with Gasteiger partial charge >= 0.3 is 6.09 Å². The van der Waals surface area contributed by atoms with Crippen LogP contribution in [0.25, 0.3) is 0 Å². The van der Waals surface area contributed by atoms with Gasteiger partial charge in [0.2, 0.25) is 11.8 Å². The predicted molar refractivity (Wildman–Crippen MR) is 179 cm³/mol. The number of carbonyl (C=O) groups is 3. The first-order chi connectivity index (χ1) is 21.4. The maximum absolute atomic E-state index is 14.8. The number of alkyl carbamates (subject to hydrolysis) is 1. The van der Waals surface area contributed by atoms with E-state index in [2.05, 4.69) is 17.6 Å². The number of ether oxygens (including phenoxy) is 1. The lowest BCUT2D eigenvalue weighted by atomic mass is 9.92. The lowest BCUT2D eigenvalue weighted by Crippen LogP contribution is -2.55. The Hall–Kier alpha value is -3.55. The molecule has 3 rings (SSSR count). The Morgan fingerprint density at radius 1 is 0.956 bits per heavy atom. The van der Waals surface area contributed by atoms with Crippen LogP contribution >= 0.6 is 0 Å². The number of amides is 3. The molecule has 0 bridgehead atoms. The topological polar surface area (TPSA) is 108 Å². The van der Waals surface area contributed by atoms with E-state index in [9.17, 15) is 19.5 Å². The summed E-state index contributed by atoms with van der Waals surface area (Å²) in [6.07, 6.45) is 9.60. The average Bonchev–Trinajstić information content (AvgIpc) is 2.98. The van der Waals surface area contributed by atoms with Crippen LogP contribution in [0, 0.1) is 13.8 Å². The minimum atomic E-state index is -0.991. The second-order valence-corrected chi connectivity index (χ2v) is 13.6. The molecule has 0 radical (unpaired) electrons. The third-order valence-corrected chi connectivity index (χ3v) is 8.60. The molecule has 1 aliphatic carbocycles. The first-order valence-corrected chi connectivity index (χ1v) is 16.8. The number of phenolic OH excluding ortho intramolecular Hbond substituents is 1. The maximum atomic E-state index is 14.8. The number of nitrogens with one attached hydrogen (secondary N) is 2. The maximum Gasteiger partial charge on any atom is 0.408 e. The lowest BCUT2D eigenvalue weighted by molar-refractivity contribution is -0.143. The molecule has 0 spiro atoms. The van der Waals surface area contributed by atoms with Gasteiger partial charge in [0, 0.05) is 19.0 Å². The van der Waals surface area contributed by atoms with Crippen LogP contribution in [0.1, 0.15) is 120 Å². The molecule has 0 saturated heterocycles. The molecule has 2 aromatic carbocycles. The first kappa shape index (κ1) is 35.9. The van der Waals surface area contributed by atoms with Gasteiger partial charge in [0.05, 0.1) is 0 Å². The van der Waals surface area contributed by atoms with Crippen LogP contribution in [-0.2, 0) is 20.7 Å². The van der Waals surface area contributed by atoms with E-state index < -0.39 is 23.8 Å². The molecule has 2 unspecified atom stereocenters. The van der Waals surface area contributed by atoms with Gasteiger partial charge in [-0.15, -0.1) is 0 Å². The Balaban J connectivity index is 2.06. The highest BCUT2D eigenvalue weighted by atomic mass is 16.6. The van der Waals surface area contributed by atoms with Gasteiger partial charge in [-0.25, -0.2) is 4.79 Å². The smallest absolute Gasteiger partial charge is 0.408 e. The number of benzene rings is 2. The summed E-state index contributed by atoms with van der Waals surface area (Å²) < 4.78 is 5.57. The van der Waals surface area contributed by atoms with Crippen molar-refractivity contribution in [1.29, 1.82) is 0 Å². The van der Waals surface area contributed by atoms with Crippen molar-refractivity contribution in [2.24, 2.45) is 0 Å². The molecule has 8 nitrogen and oxygen atoms in total. The van der Waals surface area contributed by atoms with Gasteiger partial charge in [-0.1, -0.05) is 82.2 Å². The molecule has 0 heterocycles. The van der Waals surface area contributed by atoms with Gasteiger partial charge < -0.3 is 25.4 Å². The minimum Gasteiger partial charge on any atom is -0.508 e. The van der Waals surface area contributed by atoms with Crippen LogP contribution in [-0.4, -0.2) is 52.1 Å². The van der Waals surface area contributed by atoms with Crippen LogP contribution in [0.15, 0.2) is 42.5 Å². The molecule has 0 aliphatic heterocycles. The summed E-state index contributed by atoms with van der Waals surface area (Å²) in [6, 6.07) is 10.7. The summed E-state index contributed by atoms with van der Waals surface area (Å²) in [6.45, 7) is 11.9. The fourth-order valence-electron chi connectivity index (χ4n) is 6.02. The molecule has 248 valence electrons. The Bertz CT molecular complexity index is 1250. The Morgan fingerprint density at radius 3 is 2.27 bits per heavy atom. The van der Waals surface area contributed by atoms with Gasteiger partial charge in [-0.2, -0.15) is 0 Å². The summed E-state index contributed by atoms with van der Waals surface area (Å²) in [7, 11) is 0. The summed E-state index contributed by atoms with van der Waals surface area (Å²) in [5.41, 5.74) is 2.83. The van der Waals surface area contributed by atoms with Crippen LogP contribution in [0.2, 0.25) is 0 Å². The SMILES string of the molecule is CCCCCCCN(C(=O)C(Cc1ccc(O)cc1)NC(=O)OC(C)(C)C)C(C(=O)NC1CCCCC1)c1cccc(C)c1C. The van der Waals surface area contributed by atoms with Crippen molar-refractivity contribution in [3.8, 4) is 5.75 Å². The fourth-order valence-corrected chi connectivity index (χ4v) is 6.02. The number of phenols is 1. The van der Waals surface area contributed by atoms with Crippen molar-refractivity contribution in [3.63, 3.8) is 0 Å². The highest BCUT2D eigenvalue weighted by Gasteiger charge is 2.37. The van der Waals surface area contributed by atoms with E-state index in [1.54, 1.807) is 49.9 Å². The van der Waals surface area contributed by atoms with E-state index >= 15 is 0 Å². The predicted octanol–water partition coefficient (Wildman–Crippen LogP) is 7.43. The molecule has 0 aromatic heterocycles. The van der Waals surface area contributed by atoms with Gasteiger partial charge in [-0.05, 0) is 88.3 Å². The number of hydrogen-bond donors (Lipinski definition) is 3. The van der Waals surface area contributed by atoms with Crippen molar-refractivity contribution >= 4 is 17.9 Å². The molecule has 3 amide bonds. The lowest BCUT2D eigenvalue weighted by Gasteiger charge is -2.36. The molecule has 3 N–H and O–H groups in total. The van der Waals surface area contributed by atoms with Gasteiger partial charge in [0.1, 0.15) is 23.4 Å². The number of carbonyl (C=O) groups excluding carboxylic acids is 3. The number of nitrogens with zero attached hydrogens (tertiary/aromatic N) is 1. The molecule has 2 aromatic rings. The molecule has 2 atom stereocenters. The van der Waals surface area contributed by atoms with Crippen molar-refractivity contribution in [3.05, 3.63) is 64.7 Å². The molecule has 1 aliphatic rings. The first-order valence-electron chi connectivity index (χ1n) is 16.8. The molecule has 8 heteroatoms. The van der Waals surface area contributed by atoms with Crippen LogP contribution in [0.5, 0.6) is 5.75 Å². The van der Waals surface area contributed by atoms with Crippen molar-refractivity contribution in [2.45, 2.75) is 136 Å². The second kappa shape index (κ2) is 17.2. The minimum absolute atomic E-state index is 0.0769. The molecular formula is C37H55N3O5. The highest BCUT2D eigenvalue weighted by Crippen LogP contribution is 2.29. The molecular weight excluding hydrogens is 566 g/mol. The van der Waals surface area contributed by atoms with Crippen molar-refractivity contribution in [1.82, 2.24) is 15.5 Å². The zero-order valence-corrected chi connectivity index (χ0v) is 28.3. The Labute approximate surface area is 270 Å². The van der Waals surface area contributed by atoms with Crippen LogP contribution in [0.3, 0.4) is 0 Å². The normalized spacial score (nSPS) is 15.2. The van der Waals surface area contributed by atoms with Crippen LogP contribution in [0.4, 0.5) is 4.79 Å². The summed E-state index contributed by atoms with van der Waals surface area (Å²) in [5.74, 6) is -0.405. The Morgan fingerprint density at radius 2 is 1.62 bits per heavy atom. The largest absolute Gasteiger partial charge is 0.508 e. The molecule has 1 saturated carbocycles. The summed E-state index contributed by atoms with van der Waals surface area (Å²) in [4.78, 5) is 43.9. The van der Waals surface area contributed by atoms with Crippen LogP contribution < -0.4 is 10.6 Å². The van der Waals surface area contributed by atoms with E-state index in [-0.39, 0.29) is 30.0 Å². The standard InChI is InChI=1S/C37H55N3O5/c1-7-8-9-10-14-24-40(33(31-19-15-16-26(2)27(31)3)34(42)38-29-17-12-11-13-18-29)35(43)32(39-36(44)45-37(4,5)6)25-28-20-22-30(41)23-21-28/h15-16,19-23,29,32-33,41H,7-14,17-18,24-25H2,1-6H3,(H,38,42)(H,39,44). The van der Waals surface area contributed by atoms with Gasteiger partial charge in [0.15, 0.2) is 0 Å². The Kier molecular flexibility index (Phi) is 13.8. The van der Waals surface area contributed by atoms with E-state index in [0.29, 0.717) is 6.54 Å². The monoisotopic (exact) mass is 621 g/mol. The van der Waals surface area contributed by atoms with Gasteiger partial charge in [-0.3, -0.25) is 9.59 Å². The number of unbranched alkanes of at least 4 members (excludes halogenated alkanes) is 4. The number of aromatic hydroxyl groups is 1. The van der Waals surface area contributed by atoms with E-state index in [1.807, 2.05) is 32.0 Å². The third kappa shape index (κ3) is 11.4. The second-order valence-electron chi connectivity index (χ2n) is 13.6. The quantitative estimate of drug-likeness (QED) is 0.190. The van der Waals surface area contributed by atoms with E-state index in [0.717, 1.165) is 80.0 Å².